The molecule has 0 unspecified atom stereocenters. The number of rotatable bonds is 3. The largest absolute Gasteiger partial charge is 0.456 e. The normalized spacial score (nSPS) is 21.3. The lowest BCUT2D eigenvalue weighted by Gasteiger charge is -2.18. The first-order valence-corrected chi connectivity index (χ1v) is 8.28. The van der Waals surface area contributed by atoms with Crippen molar-refractivity contribution in [2.24, 2.45) is 0 Å². The Kier molecular flexibility index (Phi) is 3.84. The van der Waals surface area contributed by atoms with Gasteiger partial charge in [0.2, 0.25) is 0 Å². The quantitative estimate of drug-likeness (QED) is 0.748. The molecule has 4 rings (SSSR count). The second-order valence-electron chi connectivity index (χ2n) is 6.19. The number of halogens is 3. The van der Waals surface area contributed by atoms with E-state index in [9.17, 15) is 18.4 Å². The molecule has 2 fully saturated rings. The highest BCUT2D eigenvalue weighted by molar-refractivity contribution is 6.32. The number of imide groups is 1. The van der Waals surface area contributed by atoms with Crippen LogP contribution in [-0.4, -0.2) is 35.3 Å². The molecular formula is C18H13ClF2N2O3. The highest BCUT2D eigenvalue weighted by Crippen LogP contribution is 2.39. The summed E-state index contributed by atoms with van der Waals surface area (Å²) in [6.45, 7) is -0.730. The number of fused-ring (bicyclic) bond motifs is 1. The second kappa shape index (κ2) is 5.95. The number of benzene rings is 2. The lowest BCUT2D eigenvalue weighted by atomic mass is 10.1. The molecule has 0 bridgehead atoms. The van der Waals surface area contributed by atoms with Crippen LogP contribution in [0.5, 0.6) is 11.5 Å². The third-order valence-corrected chi connectivity index (χ3v) is 4.68. The summed E-state index contributed by atoms with van der Waals surface area (Å²) < 4.78 is 32.5. The number of hydrogen-bond acceptors (Lipinski definition) is 3. The van der Waals surface area contributed by atoms with Crippen LogP contribution in [0.2, 0.25) is 5.02 Å². The maximum atomic E-state index is 13.4. The molecule has 0 aromatic heterocycles. The Bertz CT molecular complexity index is 862. The maximum Gasteiger partial charge on any atom is 0.332 e. The van der Waals surface area contributed by atoms with Crippen LogP contribution in [0.3, 0.4) is 0 Å². The van der Waals surface area contributed by atoms with Crippen molar-refractivity contribution in [2.45, 2.75) is 18.4 Å². The fraction of sp³-hybridized carbons (Fsp3) is 0.222. The van der Waals surface area contributed by atoms with E-state index < -0.39 is 36.9 Å². The van der Waals surface area contributed by atoms with E-state index in [-0.39, 0.29) is 0 Å². The van der Waals surface area contributed by atoms with E-state index in [1.165, 1.54) is 12.1 Å². The monoisotopic (exact) mass is 378 g/mol. The minimum atomic E-state index is -3.02. The number of urea groups is 1. The molecule has 2 aromatic carbocycles. The van der Waals surface area contributed by atoms with E-state index in [0.717, 1.165) is 9.80 Å². The fourth-order valence-corrected chi connectivity index (χ4v) is 3.34. The van der Waals surface area contributed by atoms with Gasteiger partial charge in [0.25, 0.3) is 11.8 Å². The van der Waals surface area contributed by atoms with Gasteiger partial charge in [-0.3, -0.25) is 4.79 Å². The van der Waals surface area contributed by atoms with Gasteiger partial charge >= 0.3 is 6.03 Å². The van der Waals surface area contributed by atoms with Crippen LogP contribution in [0, 0.1) is 0 Å². The van der Waals surface area contributed by atoms with Crippen molar-refractivity contribution in [3.05, 3.63) is 53.6 Å². The van der Waals surface area contributed by atoms with Gasteiger partial charge in [-0.15, -0.1) is 0 Å². The molecule has 2 aromatic rings. The highest BCUT2D eigenvalue weighted by Gasteiger charge is 2.57. The van der Waals surface area contributed by atoms with Gasteiger partial charge in [0.1, 0.15) is 17.5 Å². The summed E-state index contributed by atoms with van der Waals surface area (Å²) >= 11 is 6.04. The van der Waals surface area contributed by atoms with Crippen molar-refractivity contribution < 1.29 is 23.1 Å². The van der Waals surface area contributed by atoms with E-state index in [1.54, 1.807) is 36.4 Å². The van der Waals surface area contributed by atoms with Gasteiger partial charge in [0.15, 0.2) is 0 Å². The maximum absolute atomic E-state index is 13.4. The third kappa shape index (κ3) is 2.78. The molecule has 0 saturated carbocycles. The molecule has 0 spiro atoms. The predicted molar refractivity (Wildman–Crippen MR) is 90.9 cm³/mol. The Balaban J connectivity index is 1.54. The van der Waals surface area contributed by atoms with Gasteiger partial charge in [0, 0.05) is 6.42 Å². The second-order valence-corrected chi connectivity index (χ2v) is 6.59. The Labute approximate surface area is 152 Å². The van der Waals surface area contributed by atoms with Gasteiger partial charge in [-0.2, -0.15) is 0 Å². The number of carbonyl (C=O) groups excluding carboxylic acids is 2. The van der Waals surface area contributed by atoms with Crippen LogP contribution in [0.25, 0.3) is 0 Å². The Morgan fingerprint density at radius 3 is 2.42 bits per heavy atom. The molecule has 5 nitrogen and oxygen atoms in total. The average Bonchev–Trinajstić information content (AvgIpc) is 3.04. The van der Waals surface area contributed by atoms with Crippen molar-refractivity contribution in [3.8, 4) is 11.5 Å². The summed E-state index contributed by atoms with van der Waals surface area (Å²) in [4.78, 5) is 26.6. The highest BCUT2D eigenvalue weighted by atomic mass is 35.5. The number of para-hydroxylation sites is 1. The minimum Gasteiger partial charge on any atom is -0.456 e. The number of carbonyl (C=O) groups is 2. The molecule has 0 aliphatic carbocycles. The molecule has 8 heteroatoms. The van der Waals surface area contributed by atoms with E-state index in [4.69, 9.17) is 16.3 Å². The first-order chi connectivity index (χ1) is 12.4. The molecule has 2 aliphatic heterocycles. The number of nitrogens with zero attached hydrogens (tertiary/aromatic N) is 2. The molecule has 1 atom stereocenters. The topological polar surface area (TPSA) is 49.9 Å². The Morgan fingerprint density at radius 2 is 1.77 bits per heavy atom. The van der Waals surface area contributed by atoms with Crippen molar-refractivity contribution in [3.63, 3.8) is 0 Å². The van der Waals surface area contributed by atoms with Gasteiger partial charge in [-0.05, 0) is 36.4 Å². The van der Waals surface area contributed by atoms with Crippen molar-refractivity contribution in [1.82, 2.24) is 4.90 Å². The summed E-state index contributed by atoms with van der Waals surface area (Å²) in [5.41, 5.74) is 0.309. The lowest BCUT2D eigenvalue weighted by Crippen LogP contribution is -2.36. The minimum absolute atomic E-state index is 0.309. The fourth-order valence-electron chi connectivity index (χ4n) is 3.17. The van der Waals surface area contributed by atoms with Crippen LogP contribution >= 0.6 is 11.6 Å². The summed E-state index contributed by atoms with van der Waals surface area (Å²) in [6.07, 6.45) is -0.637. The smallest absolute Gasteiger partial charge is 0.332 e. The first kappa shape index (κ1) is 16.8. The molecular weight excluding hydrogens is 366 g/mol. The number of alkyl halides is 2. The molecule has 2 aliphatic rings. The zero-order chi connectivity index (χ0) is 18.5. The van der Waals surface area contributed by atoms with Gasteiger partial charge in [0.05, 0.1) is 17.3 Å². The van der Waals surface area contributed by atoms with Crippen LogP contribution in [-0.2, 0) is 4.79 Å². The average molecular weight is 379 g/mol. The number of anilines is 1. The van der Waals surface area contributed by atoms with Crippen LogP contribution < -0.4 is 9.64 Å². The van der Waals surface area contributed by atoms with E-state index in [1.807, 2.05) is 0 Å². The van der Waals surface area contributed by atoms with Gasteiger partial charge in [-0.25, -0.2) is 18.5 Å². The molecule has 3 amide bonds. The standard InChI is InChI=1S/C18H13ClF2N2O3/c19-13-3-1-2-4-15(13)26-12-7-5-11(6-8-12)23-16(24)14-9-18(20,21)10-22(14)17(23)25/h1-8,14H,9-10H2/t14-/m0/s1. The SMILES string of the molecule is O=C1[C@@H]2CC(F)(F)CN2C(=O)N1c1ccc(Oc2ccccc2Cl)cc1. The van der Waals surface area contributed by atoms with Crippen molar-refractivity contribution >= 4 is 29.2 Å². The van der Waals surface area contributed by atoms with E-state index in [2.05, 4.69) is 0 Å². The van der Waals surface area contributed by atoms with Crippen molar-refractivity contribution in [1.29, 1.82) is 0 Å². The Morgan fingerprint density at radius 1 is 1.08 bits per heavy atom. The molecule has 0 radical (unpaired) electrons. The molecule has 0 N–H and O–H groups in total. The summed E-state index contributed by atoms with van der Waals surface area (Å²) in [5, 5.41) is 0.447. The lowest BCUT2D eigenvalue weighted by molar-refractivity contribution is -0.119. The van der Waals surface area contributed by atoms with Crippen LogP contribution in [0.15, 0.2) is 48.5 Å². The zero-order valence-corrected chi connectivity index (χ0v) is 14.1. The van der Waals surface area contributed by atoms with Crippen LogP contribution in [0.1, 0.15) is 6.42 Å². The van der Waals surface area contributed by atoms with Crippen molar-refractivity contribution in [2.75, 3.05) is 11.4 Å². The summed E-state index contributed by atoms with van der Waals surface area (Å²) in [6, 6.07) is 11.3. The first-order valence-electron chi connectivity index (χ1n) is 7.91. The van der Waals surface area contributed by atoms with E-state index >= 15 is 0 Å². The number of amides is 3. The predicted octanol–water partition coefficient (Wildman–Crippen LogP) is 4.31. The van der Waals surface area contributed by atoms with Gasteiger partial charge in [-0.1, -0.05) is 23.7 Å². The molecule has 2 heterocycles. The Hall–Kier alpha value is -2.67. The van der Waals surface area contributed by atoms with Gasteiger partial charge < -0.3 is 9.64 Å². The third-order valence-electron chi connectivity index (χ3n) is 4.37. The number of ether oxygens (including phenoxy) is 1. The molecule has 2 saturated heterocycles. The molecule has 134 valence electrons. The molecule has 26 heavy (non-hydrogen) atoms. The number of hydrogen-bond donors (Lipinski definition) is 0. The zero-order valence-electron chi connectivity index (χ0n) is 13.4. The summed E-state index contributed by atoms with van der Waals surface area (Å²) in [5.74, 6) is -2.72. The van der Waals surface area contributed by atoms with Crippen LogP contribution in [0.4, 0.5) is 19.3 Å². The van der Waals surface area contributed by atoms with E-state index in [0.29, 0.717) is 22.2 Å². The summed E-state index contributed by atoms with van der Waals surface area (Å²) in [7, 11) is 0.